The van der Waals surface area contributed by atoms with Gasteiger partial charge in [-0.25, -0.2) is 4.99 Å². The number of amidine groups is 1. The molecule has 0 N–H and O–H groups in total. The summed E-state index contributed by atoms with van der Waals surface area (Å²) in [6.07, 6.45) is 1.80. The van der Waals surface area contributed by atoms with Gasteiger partial charge in [-0.3, -0.25) is 9.69 Å². The van der Waals surface area contributed by atoms with Gasteiger partial charge in [0.2, 0.25) is 0 Å². The molecule has 6 nitrogen and oxygen atoms in total. The van der Waals surface area contributed by atoms with Crippen molar-refractivity contribution in [3.63, 3.8) is 0 Å². The van der Waals surface area contributed by atoms with Crippen LogP contribution in [0.5, 0.6) is 5.75 Å². The van der Waals surface area contributed by atoms with E-state index in [2.05, 4.69) is 10.1 Å². The number of rotatable bonds is 6. The third-order valence-electron chi connectivity index (χ3n) is 4.54. The Morgan fingerprint density at radius 3 is 2.57 bits per heavy atom. The van der Waals surface area contributed by atoms with Crippen molar-refractivity contribution in [2.45, 2.75) is 19.2 Å². The Morgan fingerprint density at radius 1 is 1.13 bits per heavy atom. The van der Waals surface area contributed by atoms with Crippen molar-refractivity contribution in [3.8, 4) is 5.75 Å². The second-order valence-corrected chi connectivity index (χ2v) is 7.73. The maximum atomic E-state index is 13.1. The molecule has 1 amide bonds. The highest BCUT2D eigenvalue weighted by molar-refractivity contribution is 8.13. The number of ether oxygens (including phenoxy) is 1. The third-order valence-corrected chi connectivity index (χ3v) is 5.55. The summed E-state index contributed by atoms with van der Waals surface area (Å²) in [5, 5.41) is 4.68. The summed E-state index contributed by atoms with van der Waals surface area (Å²) < 4.78 is 10.3. The third kappa shape index (κ3) is 4.63. The minimum Gasteiger partial charge on any atom is -0.497 e. The monoisotopic (exact) mass is 419 g/mol. The number of methoxy groups -OCH3 is 1. The van der Waals surface area contributed by atoms with Crippen molar-refractivity contribution >= 4 is 28.9 Å². The number of hydrogen-bond acceptors (Lipinski definition) is 6. The number of amides is 1. The van der Waals surface area contributed by atoms with E-state index < -0.39 is 0 Å². The number of aryl methyl sites for hydroxylation is 1. The first kappa shape index (κ1) is 20.0. The van der Waals surface area contributed by atoms with Gasteiger partial charge >= 0.3 is 0 Å². The predicted molar refractivity (Wildman–Crippen MR) is 118 cm³/mol. The number of thioether (sulfide) groups is 1. The van der Waals surface area contributed by atoms with Gasteiger partial charge in [0.05, 0.1) is 19.3 Å². The molecule has 2 aromatic carbocycles. The van der Waals surface area contributed by atoms with Crippen LogP contribution < -0.4 is 4.74 Å². The van der Waals surface area contributed by atoms with Crippen LogP contribution in [0, 0.1) is 6.92 Å². The highest BCUT2D eigenvalue weighted by Gasteiger charge is 2.30. The van der Waals surface area contributed by atoms with Gasteiger partial charge in [-0.2, -0.15) is 0 Å². The number of nitrogens with zero attached hydrogens (tertiary/aromatic N) is 3. The fraction of sp³-hybridized carbons (Fsp3) is 0.174. The van der Waals surface area contributed by atoms with Crippen molar-refractivity contribution in [2.24, 2.45) is 4.99 Å². The van der Waals surface area contributed by atoms with Crippen molar-refractivity contribution in [1.29, 1.82) is 0 Å². The van der Waals surface area contributed by atoms with Gasteiger partial charge < -0.3 is 9.26 Å². The molecule has 0 radical (unpaired) electrons. The molecule has 0 fully saturated rings. The van der Waals surface area contributed by atoms with Crippen LogP contribution in [0.15, 0.2) is 75.9 Å². The second-order valence-electron chi connectivity index (χ2n) is 6.79. The summed E-state index contributed by atoms with van der Waals surface area (Å²) in [4.78, 5) is 19.5. The number of carbonyl (C=O) groups excluding carboxylic acids is 1. The summed E-state index contributed by atoms with van der Waals surface area (Å²) in [5.41, 5.74) is 3.16. The zero-order valence-electron chi connectivity index (χ0n) is 16.7. The first-order valence-corrected chi connectivity index (χ1v) is 10.5. The molecule has 0 bridgehead atoms. The first-order chi connectivity index (χ1) is 14.6. The lowest BCUT2D eigenvalue weighted by Gasteiger charge is -2.17. The highest BCUT2D eigenvalue weighted by Crippen LogP contribution is 2.28. The number of aliphatic imine (C=N–C) groups is 1. The smallest absolute Gasteiger partial charge is 0.278 e. The van der Waals surface area contributed by atoms with E-state index in [0.717, 1.165) is 28.3 Å². The van der Waals surface area contributed by atoms with Crippen LogP contribution in [0.2, 0.25) is 0 Å². The quantitative estimate of drug-likeness (QED) is 0.544. The maximum absolute atomic E-state index is 13.1. The highest BCUT2D eigenvalue weighted by atomic mass is 32.2. The molecule has 4 rings (SSSR count). The number of aromatic nitrogens is 1. The molecule has 0 atom stereocenters. The van der Waals surface area contributed by atoms with Crippen LogP contribution in [0.4, 0.5) is 0 Å². The standard InChI is InChI=1S/C23H21N3O3S/c1-16-12-19(25-29-16)15-30-23-24-21(13-17-8-10-20(28-2)11-9-17)22(27)26(23)14-18-6-4-3-5-7-18/h3-13H,14-15H2,1-2H3/b21-13-. The Balaban J connectivity index is 1.59. The molecule has 0 aliphatic carbocycles. The zero-order valence-corrected chi connectivity index (χ0v) is 17.6. The molecule has 1 aliphatic rings. The molecule has 7 heteroatoms. The van der Waals surface area contributed by atoms with Crippen molar-refractivity contribution in [3.05, 3.63) is 88.9 Å². The normalized spacial score (nSPS) is 15.0. The van der Waals surface area contributed by atoms with E-state index in [-0.39, 0.29) is 5.91 Å². The van der Waals surface area contributed by atoms with Gasteiger partial charge in [-0.15, -0.1) is 0 Å². The Hall–Kier alpha value is -3.32. The fourth-order valence-electron chi connectivity index (χ4n) is 3.03. The van der Waals surface area contributed by atoms with Gasteiger partial charge in [0, 0.05) is 11.8 Å². The number of carbonyl (C=O) groups is 1. The van der Waals surface area contributed by atoms with E-state index in [4.69, 9.17) is 9.26 Å². The maximum Gasteiger partial charge on any atom is 0.278 e. The molecule has 1 aliphatic heterocycles. The number of benzene rings is 2. The lowest BCUT2D eigenvalue weighted by atomic mass is 10.1. The topological polar surface area (TPSA) is 67.9 Å². The van der Waals surface area contributed by atoms with Crippen LogP contribution in [-0.2, 0) is 17.1 Å². The fourth-order valence-corrected chi connectivity index (χ4v) is 3.91. The van der Waals surface area contributed by atoms with Crippen LogP contribution in [-0.4, -0.2) is 28.2 Å². The Morgan fingerprint density at radius 2 is 1.90 bits per heavy atom. The van der Waals surface area contributed by atoms with E-state index in [0.29, 0.717) is 23.2 Å². The van der Waals surface area contributed by atoms with E-state index in [1.165, 1.54) is 11.8 Å². The largest absolute Gasteiger partial charge is 0.497 e. The van der Waals surface area contributed by atoms with Gasteiger partial charge in [-0.05, 0) is 36.3 Å². The molecule has 2 heterocycles. The summed E-state index contributed by atoms with van der Waals surface area (Å²) in [5.74, 6) is 1.98. The molecule has 30 heavy (non-hydrogen) atoms. The summed E-state index contributed by atoms with van der Waals surface area (Å²) in [6.45, 7) is 2.32. The van der Waals surface area contributed by atoms with Crippen LogP contribution >= 0.6 is 11.8 Å². The molecule has 3 aromatic rings. The minimum absolute atomic E-state index is 0.117. The number of hydrogen-bond donors (Lipinski definition) is 0. The van der Waals surface area contributed by atoms with Crippen LogP contribution in [0.25, 0.3) is 6.08 Å². The van der Waals surface area contributed by atoms with Gasteiger partial charge in [-0.1, -0.05) is 59.4 Å². The average molecular weight is 420 g/mol. The summed E-state index contributed by atoms with van der Waals surface area (Å²) in [6, 6.07) is 19.3. The van der Waals surface area contributed by atoms with Gasteiger partial charge in [0.15, 0.2) is 5.17 Å². The Kier molecular flexibility index (Phi) is 5.99. The zero-order chi connectivity index (χ0) is 20.9. The molecule has 0 saturated carbocycles. The minimum atomic E-state index is -0.117. The van der Waals surface area contributed by atoms with Gasteiger partial charge in [0.1, 0.15) is 17.2 Å². The predicted octanol–water partition coefficient (Wildman–Crippen LogP) is 4.66. The second kappa shape index (κ2) is 9.00. The molecule has 0 unspecified atom stereocenters. The van der Waals surface area contributed by atoms with Crippen molar-refractivity contribution in [2.75, 3.05) is 7.11 Å². The Bertz CT molecular complexity index is 1090. The van der Waals surface area contributed by atoms with E-state index >= 15 is 0 Å². The molecule has 152 valence electrons. The van der Waals surface area contributed by atoms with E-state index in [1.54, 1.807) is 18.1 Å². The average Bonchev–Trinajstić information content (AvgIpc) is 3.31. The van der Waals surface area contributed by atoms with E-state index in [9.17, 15) is 4.79 Å². The SMILES string of the molecule is COc1ccc(/C=C2\N=C(SCc3cc(C)on3)N(Cc3ccccc3)C2=O)cc1. The van der Waals surface area contributed by atoms with Crippen molar-refractivity contribution in [1.82, 2.24) is 10.1 Å². The molecule has 0 spiro atoms. The van der Waals surface area contributed by atoms with Crippen LogP contribution in [0.3, 0.4) is 0 Å². The molecular weight excluding hydrogens is 398 g/mol. The summed E-state index contributed by atoms with van der Waals surface area (Å²) in [7, 11) is 1.62. The lowest BCUT2D eigenvalue weighted by Crippen LogP contribution is -2.30. The lowest BCUT2D eigenvalue weighted by molar-refractivity contribution is -0.122. The van der Waals surface area contributed by atoms with E-state index in [1.807, 2.05) is 67.6 Å². The first-order valence-electron chi connectivity index (χ1n) is 9.47. The Labute approximate surface area is 179 Å². The molecular formula is C23H21N3O3S. The van der Waals surface area contributed by atoms with Crippen molar-refractivity contribution < 1.29 is 14.1 Å². The van der Waals surface area contributed by atoms with Gasteiger partial charge in [0.25, 0.3) is 5.91 Å². The molecule has 1 aromatic heterocycles. The van der Waals surface area contributed by atoms with Crippen LogP contribution in [0.1, 0.15) is 22.6 Å². The molecule has 0 saturated heterocycles. The summed E-state index contributed by atoms with van der Waals surface area (Å²) >= 11 is 1.47.